The molecule has 0 bridgehead atoms. The van der Waals surface area contributed by atoms with Crippen molar-refractivity contribution in [2.24, 2.45) is 0 Å². The van der Waals surface area contributed by atoms with Crippen molar-refractivity contribution in [3.63, 3.8) is 0 Å². The molecule has 0 atom stereocenters. The predicted molar refractivity (Wildman–Crippen MR) is 64.8 cm³/mol. The van der Waals surface area contributed by atoms with E-state index in [0.29, 0.717) is 5.65 Å². The maximum absolute atomic E-state index is 12.7. The van der Waals surface area contributed by atoms with E-state index in [4.69, 9.17) is 11.6 Å². The van der Waals surface area contributed by atoms with Gasteiger partial charge in [-0.25, -0.2) is 18.9 Å². The summed E-state index contributed by atoms with van der Waals surface area (Å²) in [6, 6.07) is 3.21. The van der Waals surface area contributed by atoms with E-state index in [1.807, 2.05) is 0 Å². The van der Waals surface area contributed by atoms with Crippen molar-refractivity contribution in [2.75, 3.05) is 0 Å². The molecule has 0 saturated carbocycles. The molecule has 0 aliphatic heterocycles. The van der Waals surface area contributed by atoms with Crippen molar-refractivity contribution in [1.82, 2.24) is 24.1 Å². The van der Waals surface area contributed by atoms with E-state index < -0.39 is 12.6 Å². The Balaban J connectivity index is 2.14. The summed E-state index contributed by atoms with van der Waals surface area (Å²) in [7, 11) is 0. The van der Waals surface area contributed by atoms with Crippen LogP contribution in [-0.4, -0.2) is 29.9 Å². The summed E-state index contributed by atoms with van der Waals surface area (Å²) >= 11 is 5.79. The number of carbonyl (C=O) groups excluding carboxylic acids is 1. The van der Waals surface area contributed by atoms with Crippen molar-refractivity contribution in [3.05, 3.63) is 47.4 Å². The number of aromatic nitrogens is 5. The van der Waals surface area contributed by atoms with E-state index >= 15 is 0 Å². The molecule has 3 heterocycles. The van der Waals surface area contributed by atoms with Crippen LogP contribution in [0.3, 0.4) is 0 Å². The third-order valence-corrected chi connectivity index (χ3v) is 2.84. The Morgan fingerprint density at radius 1 is 1.32 bits per heavy atom. The zero-order valence-electron chi connectivity index (χ0n) is 9.49. The lowest BCUT2D eigenvalue weighted by molar-refractivity contribution is 0.102. The highest BCUT2D eigenvalue weighted by atomic mass is 35.5. The molecule has 3 aromatic rings. The van der Waals surface area contributed by atoms with Gasteiger partial charge in [0.2, 0.25) is 5.78 Å². The molecule has 3 aromatic heterocycles. The molecular formula is C11H7ClFN5O. The van der Waals surface area contributed by atoms with Crippen molar-refractivity contribution in [2.45, 2.75) is 6.80 Å². The van der Waals surface area contributed by atoms with Crippen LogP contribution in [-0.2, 0) is 6.80 Å². The maximum Gasteiger partial charge on any atom is 0.231 e. The molecule has 8 heteroatoms. The number of carbonyl (C=O) groups is 1. The van der Waals surface area contributed by atoms with Crippen molar-refractivity contribution < 1.29 is 9.18 Å². The van der Waals surface area contributed by atoms with Gasteiger partial charge < -0.3 is 0 Å². The number of nitrogens with zero attached hydrogens (tertiary/aromatic N) is 5. The van der Waals surface area contributed by atoms with Gasteiger partial charge >= 0.3 is 0 Å². The lowest BCUT2D eigenvalue weighted by atomic mass is 10.2. The molecule has 0 aliphatic rings. The zero-order chi connectivity index (χ0) is 13.4. The average molecular weight is 280 g/mol. The summed E-state index contributed by atoms with van der Waals surface area (Å²) in [6.07, 6.45) is 3.92. The third-order valence-electron chi connectivity index (χ3n) is 2.64. The Labute approximate surface area is 111 Å². The van der Waals surface area contributed by atoms with Gasteiger partial charge in [0.1, 0.15) is 16.5 Å². The normalized spacial score (nSPS) is 11.1. The molecule has 0 spiro atoms. The van der Waals surface area contributed by atoms with Crippen molar-refractivity contribution >= 4 is 23.0 Å². The maximum atomic E-state index is 12.7. The predicted octanol–water partition coefficient (Wildman–Crippen LogP) is 1.74. The van der Waals surface area contributed by atoms with Gasteiger partial charge in [0.25, 0.3) is 0 Å². The second kappa shape index (κ2) is 4.43. The topological polar surface area (TPSA) is 65.1 Å². The zero-order valence-corrected chi connectivity index (χ0v) is 10.3. The van der Waals surface area contributed by atoms with Crippen molar-refractivity contribution in [1.29, 1.82) is 0 Å². The fraction of sp³-hybridized carbons (Fsp3) is 0.0909. The average Bonchev–Trinajstić information content (AvgIpc) is 3.03. The van der Waals surface area contributed by atoms with E-state index in [0.717, 1.165) is 4.57 Å². The van der Waals surface area contributed by atoms with E-state index in [1.165, 1.54) is 23.2 Å². The van der Waals surface area contributed by atoms with Crippen LogP contribution >= 0.6 is 11.6 Å². The fourth-order valence-corrected chi connectivity index (χ4v) is 1.88. The summed E-state index contributed by atoms with van der Waals surface area (Å²) in [5, 5.41) is 4.23. The summed E-state index contributed by atoms with van der Waals surface area (Å²) in [4.78, 5) is 20.1. The quantitative estimate of drug-likeness (QED) is 0.685. The summed E-state index contributed by atoms with van der Waals surface area (Å²) in [5.74, 6) is -0.419. The lowest BCUT2D eigenvalue weighted by Crippen LogP contribution is -2.11. The van der Waals surface area contributed by atoms with Crippen LogP contribution < -0.4 is 0 Å². The Bertz CT molecular complexity index is 765. The first-order valence-corrected chi connectivity index (χ1v) is 5.69. The van der Waals surface area contributed by atoms with Crippen LogP contribution in [0.2, 0.25) is 5.15 Å². The first kappa shape index (κ1) is 11.8. The second-order valence-electron chi connectivity index (χ2n) is 3.77. The number of imidazole rings is 2. The van der Waals surface area contributed by atoms with E-state index in [-0.39, 0.29) is 16.5 Å². The second-order valence-corrected chi connectivity index (χ2v) is 4.15. The molecule has 0 aromatic carbocycles. The SMILES string of the molecule is O=C(c1cncn1CF)c1cnc2ccc(Cl)nn12. The van der Waals surface area contributed by atoms with Gasteiger partial charge in [-0.2, -0.15) is 5.10 Å². The van der Waals surface area contributed by atoms with Crippen molar-refractivity contribution in [3.8, 4) is 0 Å². The van der Waals surface area contributed by atoms with E-state index in [9.17, 15) is 9.18 Å². The van der Waals surface area contributed by atoms with Gasteiger partial charge in [0.05, 0.1) is 18.7 Å². The minimum atomic E-state index is -0.827. The van der Waals surface area contributed by atoms with Gasteiger partial charge in [0.15, 0.2) is 12.4 Å². The molecule has 3 rings (SSSR count). The highest BCUT2D eigenvalue weighted by molar-refractivity contribution is 6.29. The fourth-order valence-electron chi connectivity index (χ4n) is 1.74. The molecule has 96 valence electrons. The van der Waals surface area contributed by atoms with Gasteiger partial charge in [-0.05, 0) is 12.1 Å². The number of hydrogen-bond donors (Lipinski definition) is 0. The minimum Gasteiger partial charge on any atom is -0.299 e. The van der Waals surface area contributed by atoms with Crippen LogP contribution in [0.5, 0.6) is 0 Å². The minimum absolute atomic E-state index is 0.131. The molecular weight excluding hydrogens is 273 g/mol. The van der Waals surface area contributed by atoms with Gasteiger partial charge in [-0.3, -0.25) is 9.36 Å². The first-order valence-electron chi connectivity index (χ1n) is 5.32. The number of rotatable bonds is 3. The highest BCUT2D eigenvalue weighted by Gasteiger charge is 2.19. The van der Waals surface area contributed by atoms with Crippen LogP contribution in [0.15, 0.2) is 30.9 Å². The summed E-state index contributed by atoms with van der Waals surface area (Å²) in [6.45, 7) is -0.827. The molecule has 0 aliphatic carbocycles. The van der Waals surface area contributed by atoms with Crippen LogP contribution in [0.1, 0.15) is 16.2 Å². The number of hydrogen-bond acceptors (Lipinski definition) is 4. The first-order chi connectivity index (χ1) is 9.20. The standard InChI is InChI=1S/C11H7ClFN5O/c12-9-1-2-10-15-4-8(18(10)16-9)11(19)7-3-14-6-17(7)5-13/h1-4,6H,5H2. The molecule has 0 N–H and O–H groups in total. The Morgan fingerprint density at radius 3 is 2.95 bits per heavy atom. The van der Waals surface area contributed by atoms with E-state index in [1.54, 1.807) is 12.1 Å². The van der Waals surface area contributed by atoms with E-state index in [2.05, 4.69) is 15.1 Å². The largest absolute Gasteiger partial charge is 0.299 e. The molecule has 0 amide bonds. The third kappa shape index (κ3) is 1.88. The van der Waals surface area contributed by atoms with Gasteiger partial charge in [-0.1, -0.05) is 11.6 Å². The molecule has 0 unspecified atom stereocenters. The monoisotopic (exact) mass is 279 g/mol. The number of alkyl halides is 1. The number of fused-ring (bicyclic) bond motifs is 1. The summed E-state index contributed by atoms with van der Waals surface area (Å²) < 4.78 is 15.1. The molecule has 0 radical (unpaired) electrons. The van der Waals surface area contributed by atoms with Crippen LogP contribution in [0.4, 0.5) is 4.39 Å². The smallest absolute Gasteiger partial charge is 0.231 e. The van der Waals surface area contributed by atoms with Gasteiger partial charge in [-0.15, -0.1) is 0 Å². The molecule has 0 fully saturated rings. The Morgan fingerprint density at radius 2 is 2.16 bits per heavy atom. The molecule has 6 nitrogen and oxygen atoms in total. The number of halogens is 2. The van der Waals surface area contributed by atoms with Crippen LogP contribution in [0, 0.1) is 0 Å². The molecule has 0 saturated heterocycles. The molecule has 19 heavy (non-hydrogen) atoms. The Kier molecular flexibility index (Phi) is 2.75. The highest BCUT2D eigenvalue weighted by Crippen LogP contribution is 2.13. The summed E-state index contributed by atoms with van der Waals surface area (Å²) in [5.41, 5.74) is 0.817. The van der Waals surface area contributed by atoms with Crippen LogP contribution in [0.25, 0.3) is 5.65 Å². The number of ketones is 1. The Hall–Kier alpha value is -2.28. The lowest BCUT2D eigenvalue weighted by Gasteiger charge is -2.02. The van der Waals surface area contributed by atoms with Gasteiger partial charge in [0, 0.05) is 0 Å².